The molecule has 13 heteroatoms. The van der Waals surface area contributed by atoms with Crippen LogP contribution in [0.25, 0.3) is 10.2 Å². The molecule has 5 nitrogen and oxygen atoms in total. The van der Waals surface area contributed by atoms with Gasteiger partial charge in [-0.3, -0.25) is 0 Å². The number of hydrogen-bond donors (Lipinski definition) is 1. The normalized spacial score (nSPS) is 12.2. The number of ether oxygens (including phenoxy) is 1. The third kappa shape index (κ3) is 5.50. The fourth-order valence-electron chi connectivity index (χ4n) is 3.01. The van der Waals surface area contributed by atoms with Gasteiger partial charge in [0.1, 0.15) is 39.9 Å². The van der Waals surface area contributed by atoms with Gasteiger partial charge in [0.2, 0.25) is 0 Å². The third-order valence-corrected chi connectivity index (χ3v) is 5.88. The number of rotatable bonds is 6. The molecule has 0 aliphatic rings. The molecule has 0 saturated carbocycles. The van der Waals surface area contributed by atoms with Gasteiger partial charge in [-0.25, -0.2) is 15.0 Å². The highest BCUT2D eigenvalue weighted by atomic mass is 35.5. The van der Waals surface area contributed by atoms with Crippen LogP contribution in [0.1, 0.15) is 17.0 Å². The van der Waals surface area contributed by atoms with Crippen LogP contribution in [0.3, 0.4) is 0 Å². The van der Waals surface area contributed by atoms with E-state index in [1.165, 1.54) is 29.8 Å². The molecule has 34 heavy (non-hydrogen) atoms. The number of halogens is 7. The number of alkyl halides is 6. The topological polar surface area (TPSA) is 59.9 Å². The molecule has 3 heterocycles. The van der Waals surface area contributed by atoms with Crippen LogP contribution in [0.5, 0.6) is 11.5 Å². The number of nitrogens with zero attached hydrogens (tertiary/aromatic N) is 3. The van der Waals surface area contributed by atoms with E-state index in [2.05, 4.69) is 20.3 Å². The molecule has 4 rings (SSSR count). The van der Waals surface area contributed by atoms with E-state index in [4.69, 9.17) is 16.3 Å². The van der Waals surface area contributed by atoms with Crippen molar-refractivity contribution in [3.8, 4) is 11.5 Å². The van der Waals surface area contributed by atoms with Gasteiger partial charge in [-0.1, -0.05) is 23.7 Å². The fraction of sp³-hybridized carbons (Fsp3) is 0.190. The average Bonchev–Trinajstić information content (AvgIpc) is 3.15. The van der Waals surface area contributed by atoms with E-state index >= 15 is 0 Å². The summed E-state index contributed by atoms with van der Waals surface area (Å²) in [6.07, 6.45) is -8.13. The second-order valence-corrected chi connectivity index (χ2v) is 8.24. The number of anilines is 1. The third-order valence-electron chi connectivity index (χ3n) is 4.57. The average molecular weight is 519 g/mol. The predicted octanol–water partition coefficient (Wildman–Crippen LogP) is 7.22. The van der Waals surface area contributed by atoms with Gasteiger partial charge < -0.3 is 10.1 Å². The lowest BCUT2D eigenvalue weighted by Crippen LogP contribution is -2.15. The monoisotopic (exact) mass is 518 g/mol. The van der Waals surface area contributed by atoms with Gasteiger partial charge in [0.15, 0.2) is 0 Å². The first-order chi connectivity index (χ1) is 16.0. The number of nitrogens with one attached hydrogen (secondary N) is 1. The summed E-state index contributed by atoms with van der Waals surface area (Å²) in [5.74, 6) is 0.0473. The Kier molecular flexibility index (Phi) is 6.54. The molecule has 0 aliphatic carbocycles. The Balaban J connectivity index is 1.43. The van der Waals surface area contributed by atoms with Crippen LogP contribution in [0.15, 0.2) is 48.1 Å². The molecular formula is C21H13ClF6N4OS. The number of benzene rings is 1. The van der Waals surface area contributed by atoms with Gasteiger partial charge >= 0.3 is 12.4 Å². The molecule has 0 bridgehead atoms. The predicted molar refractivity (Wildman–Crippen MR) is 115 cm³/mol. The van der Waals surface area contributed by atoms with E-state index in [9.17, 15) is 26.3 Å². The van der Waals surface area contributed by atoms with E-state index in [0.717, 1.165) is 15.8 Å². The van der Waals surface area contributed by atoms with Crippen LogP contribution in [0, 0.1) is 0 Å². The minimum absolute atomic E-state index is 0.0757. The molecule has 1 aromatic carbocycles. The summed E-state index contributed by atoms with van der Waals surface area (Å²) < 4.78 is 83.0. The Bertz CT molecular complexity index is 1280. The quantitative estimate of drug-likeness (QED) is 0.273. The molecule has 4 aromatic rings. The van der Waals surface area contributed by atoms with Crippen LogP contribution >= 0.6 is 22.9 Å². The summed E-state index contributed by atoms with van der Waals surface area (Å²) in [5, 5.41) is 6.22. The lowest BCUT2D eigenvalue weighted by molar-refractivity contribution is -0.150. The van der Waals surface area contributed by atoms with Crippen LogP contribution in [0.2, 0.25) is 5.02 Å². The lowest BCUT2D eigenvalue weighted by Gasteiger charge is -2.14. The standard InChI is InChI=1S/C21H13ClF6N4OS/c22-14-9-34-19-17(14)18(30-10-31-19)29-6-5-11-1-3-12(4-2-11)33-13-7-15(20(23,24)25)32-16(8-13)21(26,27)28/h1-4,7-10H,5-6H2,(H,29,30,31). The molecule has 0 radical (unpaired) electrons. The molecule has 0 aliphatic heterocycles. The van der Waals surface area contributed by atoms with Gasteiger partial charge in [0.05, 0.1) is 10.4 Å². The Labute approximate surface area is 197 Å². The van der Waals surface area contributed by atoms with Gasteiger partial charge in [-0.05, 0) is 24.1 Å². The molecule has 0 unspecified atom stereocenters. The zero-order chi connectivity index (χ0) is 24.5. The zero-order valence-electron chi connectivity index (χ0n) is 16.8. The van der Waals surface area contributed by atoms with Crippen molar-refractivity contribution < 1.29 is 31.1 Å². The molecule has 3 aromatic heterocycles. The fourth-order valence-corrected chi connectivity index (χ4v) is 4.15. The highest BCUT2D eigenvalue weighted by Gasteiger charge is 2.39. The molecule has 0 atom stereocenters. The van der Waals surface area contributed by atoms with E-state index in [1.807, 2.05) is 0 Å². The molecule has 0 saturated heterocycles. The van der Waals surface area contributed by atoms with Gasteiger partial charge in [0.25, 0.3) is 0 Å². The molecule has 0 amide bonds. The zero-order valence-corrected chi connectivity index (χ0v) is 18.4. The van der Waals surface area contributed by atoms with Crippen molar-refractivity contribution in [3.63, 3.8) is 0 Å². The van der Waals surface area contributed by atoms with Crippen molar-refractivity contribution in [2.45, 2.75) is 18.8 Å². The minimum Gasteiger partial charge on any atom is -0.457 e. The first kappa shape index (κ1) is 24.0. The van der Waals surface area contributed by atoms with Gasteiger partial charge in [-0.2, -0.15) is 26.3 Å². The Morgan fingerprint density at radius 3 is 2.18 bits per heavy atom. The van der Waals surface area contributed by atoms with Crippen molar-refractivity contribution >= 4 is 39.0 Å². The van der Waals surface area contributed by atoms with Crippen LogP contribution in [0.4, 0.5) is 32.2 Å². The number of hydrogen-bond acceptors (Lipinski definition) is 6. The van der Waals surface area contributed by atoms with Crippen molar-refractivity contribution in [3.05, 3.63) is 70.1 Å². The largest absolute Gasteiger partial charge is 0.457 e. The van der Waals surface area contributed by atoms with Gasteiger partial charge in [0, 0.05) is 24.1 Å². The summed E-state index contributed by atoms with van der Waals surface area (Å²) in [6, 6.07) is 7.06. The molecule has 1 N–H and O–H groups in total. The second-order valence-electron chi connectivity index (χ2n) is 6.98. The van der Waals surface area contributed by atoms with Crippen molar-refractivity contribution in [2.24, 2.45) is 0 Å². The van der Waals surface area contributed by atoms with Crippen LogP contribution in [-0.4, -0.2) is 21.5 Å². The maximum atomic E-state index is 13.0. The Morgan fingerprint density at radius 1 is 0.912 bits per heavy atom. The summed E-state index contributed by atoms with van der Waals surface area (Å²) in [7, 11) is 0. The second kappa shape index (κ2) is 9.26. The number of thiophene rings is 1. The molecule has 0 fully saturated rings. The molecule has 0 spiro atoms. The number of fused-ring (bicyclic) bond motifs is 1. The lowest BCUT2D eigenvalue weighted by atomic mass is 10.1. The van der Waals surface area contributed by atoms with E-state index in [-0.39, 0.29) is 5.75 Å². The molecular weight excluding hydrogens is 506 g/mol. The Hall–Kier alpha value is -3.12. The van der Waals surface area contributed by atoms with E-state index < -0.39 is 29.5 Å². The summed E-state index contributed by atoms with van der Waals surface area (Å²) in [6.45, 7) is 0.493. The highest BCUT2D eigenvalue weighted by molar-refractivity contribution is 7.17. The Morgan fingerprint density at radius 2 is 1.56 bits per heavy atom. The van der Waals surface area contributed by atoms with E-state index in [1.54, 1.807) is 17.5 Å². The number of pyridine rings is 1. The summed E-state index contributed by atoms with van der Waals surface area (Å²) >= 11 is 7.57. The van der Waals surface area contributed by atoms with Crippen molar-refractivity contribution in [1.82, 2.24) is 15.0 Å². The highest BCUT2D eigenvalue weighted by Crippen LogP contribution is 2.37. The SMILES string of the molecule is FC(F)(F)c1cc(Oc2ccc(CCNc3ncnc4scc(Cl)c34)cc2)cc(C(F)(F)F)n1. The summed E-state index contributed by atoms with van der Waals surface area (Å²) in [5.41, 5.74) is -2.53. The van der Waals surface area contributed by atoms with Crippen molar-refractivity contribution in [1.29, 1.82) is 0 Å². The maximum absolute atomic E-state index is 13.0. The van der Waals surface area contributed by atoms with Crippen molar-refractivity contribution in [2.75, 3.05) is 11.9 Å². The summed E-state index contributed by atoms with van der Waals surface area (Å²) in [4.78, 5) is 11.8. The molecule has 178 valence electrons. The van der Waals surface area contributed by atoms with Crippen LogP contribution < -0.4 is 10.1 Å². The smallest absolute Gasteiger partial charge is 0.433 e. The van der Waals surface area contributed by atoms with Crippen LogP contribution in [-0.2, 0) is 18.8 Å². The first-order valence-corrected chi connectivity index (χ1v) is 10.8. The maximum Gasteiger partial charge on any atom is 0.433 e. The van der Waals surface area contributed by atoms with Gasteiger partial charge in [-0.15, -0.1) is 11.3 Å². The minimum atomic E-state index is -5.06. The van der Waals surface area contributed by atoms with E-state index in [0.29, 0.717) is 35.9 Å². The first-order valence-electron chi connectivity index (χ1n) is 9.55. The number of aromatic nitrogens is 3.